The van der Waals surface area contributed by atoms with Crippen molar-refractivity contribution in [3.63, 3.8) is 0 Å². The van der Waals surface area contributed by atoms with Crippen LogP contribution in [0.3, 0.4) is 0 Å². The molecule has 0 radical (unpaired) electrons. The van der Waals surface area contributed by atoms with Crippen molar-refractivity contribution < 1.29 is 14.6 Å². The molecule has 6 heteroatoms. The van der Waals surface area contributed by atoms with E-state index in [0.717, 1.165) is 25.9 Å². The number of ether oxygens (including phenoxy) is 1. The number of benzene rings is 1. The van der Waals surface area contributed by atoms with Crippen molar-refractivity contribution in [1.29, 1.82) is 0 Å². The maximum absolute atomic E-state index is 11.7. The number of halogens is 2. The molecule has 2 rings (SSSR count). The van der Waals surface area contributed by atoms with Gasteiger partial charge in [0.25, 0.3) is 0 Å². The minimum Gasteiger partial charge on any atom is -0.387 e. The number of amides is 1. The molecule has 0 spiro atoms. The number of carbonyl (C=O) groups is 1. The largest absolute Gasteiger partial charge is 0.387 e. The summed E-state index contributed by atoms with van der Waals surface area (Å²) in [5, 5.41) is 13.7. The Labute approximate surface area is 134 Å². The van der Waals surface area contributed by atoms with Crippen molar-refractivity contribution in [3.8, 4) is 0 Å². The van der Waals surface area contributed by atoms with Crippen molar-refractivity contribution >= 4 is 29.1 Å². The molecule has 1 heterocycles. The van der Waals surface area contributed by atoms with Crippen LogP contribution in [0.1, 0.15) is 37.4 Å². The molecule has 1 aliphatic heterocycles. The number of carbonyl (C=O) groups excluding carboxylic acids is 1. The Morgan fingerprint density at radius 1 is 1.48 bits per heavy atom. The Bertz CT molecular complexity index is 490. The molecule has 4 nitrogen and oxygen atoms in total. The van der Waals surface area contributed by atoms with Crippen LogP contribution >= 0.6 is 23.2 Å². The van der Waals surface area contributed by atoms with Gasteiger partial charge in [0, 0.05) is 35.2 Å². The van der Waals surface area contributed by atoms with Crippen LogP contribution in [-0.4, -0.2) is 30.3 Å². The standard InChI is InChI=1S/C15H19Cl2NO3/c16-10-3-5-12(13(17)8-10)14(19)9-18-15(20)6-4-11-2-1-7-21-11/h3,5,8,11,14,19H,1-2,4,6-7,9H2,(H,18,20)/t11-,14+/m0/s1. The van der Waals surface area contributed by atoms with Gasteiger partial charge < -0.3 is 15.2 Å². The van der Waals surface area contributed by atoms with Crippen molar-refractivity contribution in [1.82, 2.24) is 5.32 Å². The van der Waals surface area contributed by atoms with Crippen LogP contribution in [-0.2, 0) is 9.53 Å². The summed E-state index contributed by atoms with van der Waals surface area (Å²) in [6.07, 6.45) is 2.58. The van der Waals surface area contributed by atoms with E-state index in [2.05, 4.69) is 5.32 Å². The first-order valence-corrected chi connectivity index (χ1v) is 7.83. The van der Waals surface area contributed by atoms with Gasteiger partial charge in [-0.3, -0.25) is 4.79 Å². The van der Waals surface area contributed by atoms with Crippen LogP contribution in [0.5, 0.6) is 0 Å². The van der Waals surface area contributed by atoms with E-state index in [1.165, 1.54) is 0 Å². The molecule has 1 aliphatic rings. The third-order valence-electron chi connectivity index (χ3n) is 3.53. The highest BCUT2D eigenvalue weighted by molar-refractivity contribution is 6.35. The second-order valence-electron chi connectivity index (χ2n) is 5.16. The SMILES string of the molecule is O=C(CC[C@@H]1CCCO1)NC[C@@H](O)c1ccc(Cl)cc1Cl. The van der Waals surface area contributed by atoms with Crippen LogP contribution in [0.4, 0.5) is 0 Å². The quantitative estimate of drug-likeness (QED) is 0.842. The Hall–Kier alpha value is -0.810. The van der Waals surface area contributed by atoms with Crippen molar-refractivity contribution in [2.45, 2.75) is 37.9 Å². The molecular weight excluding hydrogens is 313 g/mol. The van der Waals surface area contributed by atoms with E-state index < -0.39 is 6.10 Å². The molecule has 116 valence electrons. The predicted molar refractivity (Wildman–Crippen MR) is 82.6 cm³/mol. The molecule has 1 fully saturated rings. The molecule has 1 amide bonds. The maximum Gasteiger partial charge on any atom is 0.220 e. The summed E-state index contributed by atoms with van der Waals surface area (Å²) in [4.78, 5) is 11.7. The molecule has 1 aromatic carbocycles. The van der Waals surface area contributed by atoms with E-state index >= 15 is 0 Å². The van der Waals surface area contributed by atoms with Crippen LogP contribution in [0, 0.1) is 0 Å². The molecule has 2 N–H and O–H groups in total. The number of aliphatic hydroxyl groups excluding tert-OH is 1. The van der Waals surface area contributed by atoms with Gasteiger partial charge in [-0.25, -0.2) is 0 Å². The highest BCUT2D eigenvalue weighted by atomic mass is 35.5. The summed E-state index contributed by atoms with van der Waals surface area (Å²) in [5.41, 5.74) is 0.556. The Morgan fingerprint density at radius 3 is 2.95 bits per heavy atom. The summed E-state index contributed by atoms with van der Waals surface area (Å²) >= 11 is 11.8. The smallest absolute Gasteiger partial charge is 0.220 e. The minimum absolute atomic E-state index is 0.0883. The third kappa shape index (κ3) is 5.15. The summed E-state index contributed by atoms with van der Waals surface area (Å²) in [5.74, 6) is -0.0883. The van der Waals surface area contributed by atoms with Gasteiger partial charge in [0.1, 0.15) is 0 Å². The minimum atomic E-state index is -0.846. The second-order valence-corrected chi connectivity index (χ2v) is 6.00. The van der Waals surface area contributed by atoms with Crippen LogP contribution in [0.2, 0.25) is 10.0 Å². The maximum atomic E-state index is 11.7. The van der Waals surface area contributed by atoms with Crippen LogP contribution in [0.25, 0.3) is 0 Å². The molecule has 1 aromatic rings. The Balaban J connectivity index is 1.74. The summed E-state index contributed by atoms with van der Waals surface area (Å²) < 4.78 is 5.47. The van der Waals surface area contributed by atoms with Crippen molar-refractivity contribution in [2.24, 2.45) is 0 Å². The lowest BCUT2D eigenvalue weighted by molar-refractivity contribution is -0.122. The number of nitrogens with one attached hydrogen (secondary N) is 1. The Kier molecular flexibility index (Phi) is 6.30. The van der Waals surface area contributed by atoms with Crippen molar-refractivity contribution in [2.75, 3.05) is 13.2 Å². The lowest BCUT2D eigenvalue weighted by atomic mass is 10.1. The van der Waals surface area contributed by atoms with E-state index in [1.54, 1.807) is 18.2 Å². The first-order chi connectivity index (χ1) is 10.1. The average Bonchev–Trinajstić information content (AvgIpc) is 2.95. The van der Waals surface area contributed by atoms with E-state index in [1.807, 2.05) is 0 Å². The highest BCUT2D eigenvalue weighted by Crippen LogP contribution is 2.26. The molecule has 0 saturated carbocycles. The highest BCUT2D eigenvalue weighted by Gasteiger charge is 2.17. The topological polar surface area (TPSA) is 58.6 Å². The molecule has 1 saturated heterocycles. The number of aliphatic hydroxyl groups is 1. The zero-order valence-electron chi connectivity index (χ0n) is 11.6. The fraction of sp³-hybridized carbons (Fsp3) is 0.533. The first kappa shape index (κ1) is 16.6. The molecule has 0 unspecified atom stereocenters. The Morgan fingerprint density at radius 2 is 2.29 bits per heavy atom. The molecule has 2 atom stereocenters. The van der Waals surface area contributed by atoms with Crippen LogP contribution < -0.4 is 5.32 Å². The second kappa shape index (κ2) is 7.99. The predicted octanol–water partition coefficient (Wildman–Crippen LogP) is 3.10. The number of hydrogen-bond donors (Lipinski definition) is 2. The van der Waals surface area contributed by atoms with Gasteiger partial charge in [0.15, 0.2) is 0 Å². The fourth-order valence-electron chi connectivity index (χ4n) is 2.34. The summed E-state index contributed by atoms with van der Waals surface area (Å²) in [6, 6.07) is 4.89. The van der Waals surface area contributed by atoms with Gasteiger partial charge in [0.05, 0.1) is 12.2 Å². The molecule has 0 bridgehead atoms. The molecule has 21 heavy (non-hydrogen) atoms. The zero-order chi connectivity index (χ0) is 15.2. The average molecular weight is 332 g/mol. The lowest BCUT2D eigenvalue weighted by Gasteiger charge is -2.14. The summed E-state index contributed by atoms with van der Waals surface area (Å²) in [7, 11) is 0. The van der Waals surface area contributed by atoms with Gasteiger partial charge in [-0.15, -0.1) is 0 Å². The zero-order valence-corrected chi connectivity index (χ0v) is 13.2. The van der Waals surface area contributed by atoms with Gasteiger partial charge >= 0.3 is 0 Å². The number of rotatable bonds is 6. The summed E-state index contributed by atoms with van der Waals surface area (Å²) in [6.45, 7) is 0.922. The third-order valence-corrected chi connectivity index (χ3v) is 4.09. The van der Waals surface area contributed by atoms with Gasteiger partial charge in [-0.2, -0.15) is 0 Å². The van der Waals surface area contributed by atoms with Crippen molar-refractivity contribution in [3.05, 3.63) is 33.8 Å². The monoisotopic (exact) mass is 331 g/mol. The van der Waals surface area contributed by atoms with Crippen LogP contribution in [0.15, 0.2) is 18.2 Å². The van der Waals surface area contributed by atoms with Gasteiger partial charge in [-0.1, -0.05) is 29.3 Å². The lowest BCUT2D eigenvalue weighted by Crippen LogP contribution is -2.29. The van der Waals surface area contributed by atoms with Gasteiger partial charge in [-0.05, 0) is 31.4 Å². The fourth-order valence-corrected chi connectivity index (χ4v) is 2.88. The van der Waals surface area contributed by atoms with E-state index in [-0.39, 0.29) is 18.6 Å². The van der Waals surface area contributed by atoms with E-state index in [9.17, 15) is 9.90 Å². The number of hydrogen-bond acceptors (Lipinski definition) is 3. The van der Waals surface area contributed by atoms with Gasteiger partial charge in [0.2, 0.25) is 5.91 Å². The normalized spacial score (nSPS) is 19.5. The molecule has 0 aromatic heterocycles. The molecular formula is C15H19Cl2NO3. The van der Waals surface area contributed by atoms with E-state index in [4.69, 9.17) is 27.9 Å². The first-order valence-electron chi connectivity index (χ1n) is 7.07. The van der Waals surface area contributed by atoms with E-state index in [0.29, 0.717) is 22.0 Å². The molecule has 0 aliphatic carbocycles.